The van der Waals surface area contributed by atoms with E-state index in [0.29, 0.717) is 0 Å². The fourth-order valence-corrected chi connectivity index (χ4v) is 4.29. The first-order valence-electron chi connectivity index (χ1n) is 9.23. The largest absolute Gasteiger partial charge is 0.357 e. The van der Waals surface area contributed by atoms with Crippen LogP contribution < -0.4 is 4.90 Å². The Bertz CT molecular complexity index is 1050. The van der Waals surface area contributed by atoms with Crippen molar-refractivity contribution in [2.45, 2.75) is 20.8 Å². The van der Waals surface area contributed by atoms with Crippen LogP contribution in [0.25, 0.3) is 31.8 Å². The van der Waals surface area contributed by atoms with Crippen LogP contribution in [0, 0.1) is 6.92 Å². The van der Waals surface area contributed by atoms with Gasteiger partial charge in [0.05, 0.1) is 5.69 Å². The third-order valence-electron chi connectivity index (χ3n) is 4.66. The maximum atomic E-state index is 4.66. The highest BCUT2D eigenvalue weighted by Gasteiger charge is 2.11. The second kappa shape index (κ2) is 7.45. The molecule has 0 fully saturated rings. The molecule has 136 valence electrons. The number of hydrogen-bond acceptors (Lipinski definition) is 5. The van der Waals surface area contributed by atoms with Gasteiger partial charge in [-0.15, -0.1) is 11.3 Å². The number of rotatable bonds is 5. The van der Waals surface area contributed by atoms with E-state index in [1.807, 2.05) is 19.3 Å². The number of pyridine rings is 1. The van der Waals surface area contributed by atoms with Gasteiger partial charge in [-0.1, -0.05) is 18.2 Å². The summed E-state index contributed by atoms with van der Waals surface area (Å²) in [5.74, 6) is 1.75. The van der Waals surface area contributed by atoms with Crippen molar-refractivity contribution in [2.75, 3.05) is 18.0 Å². The van der Waals surface area contributed by atoms with E-state index >= 15 is 0 Å². The Labute approximate surface area is 163 Å². The number of thiophene rings is 1. The minimum Gasteiger partial charge on any atom is -0.357 e. The molecule has 0 bridgehead atoms. The van der Waals surface area contributed by atoms with Gasteiger partial charge in [-0.05, 0) is 44.4 Å². The van der Waals surface area contributed by atoms with Crippen LogP contribution >= 0.6 is 11.3 Å². The van der Waals surface area contributed by atoms with E-state index in [2.05, 4.69) is 76.2 Å². The number of nitrogens with zero attached hydrogens (tertiary/aromatic N) is 4. The van der Waals surface area contributed by atoms with Crippen molar-refractivity contribution in [1.29, 1.82) is 0 Å². The molecular formula is C22H22N4S. The molecule has 0 spiro atoms. The van der Waals surface area contributed by atoms with Gasteiger partial charge in [-0.2, -0.15) is 0 Å². The Morgan fingerprint density at radius 2 is 1.70 bits per heavy atom. The van der Waals surface area contributed by atoms with E-state index in [9.17, 15) is 0 Å². The van der Waals surface area contributed by atoms with Crippen molar-refractivity contribution in [1.82, 2.24) is 15.0 Å². The number of fused-ring (bicyclic) bond motifs is 1. The van der Waals surface area contributed by atoms with Crippen molar-refractivity contribution in [3.05, 3.63) is 60.7 Å². The molecule has 0 saturated heterocycles. The Morgan fingerprint density at radius 3 is 2.48 bits per heavy atom. The smallest absolute Gasteiger partial charge is 0.132 e. The maximum Gasteiger partial charge on any atom is 0.132 e. The van der Waals surface area contributed by atoms with E-state index in [1.165, 1.54) is 15.0 Å². The van der Waals surface area contributed by atoms with Crippen molar-refractivity contribution >= 4 is 27.2 Å². The average molecular weight is 375 g/mol. The molecule has 0 N–H and O–H groups in total. The van der Waals surface area contributed by atoms with Gasteiger partial charge >= 0.3 is 0 Å². The molecule has 3 aromatic heterocycles. The lowest BCUT2D eigenvalue weighted by Crippen LogP contribution is -2.23. The first kappa shape index (κ1) is 17.6. The lowest BCUT2D eigenvalue weighted by atomic mass is 10.1. The summed E-state index contributed by atoms with van der Waals surface area (Å²) >= 11 is 1.79. The Balaban J connectivity index is 1.76. The molecule has 0 radical (unpaired) electrons. The van der Waals surface area contributed by atoms with Crippen LogP contribution in [0.15, 0.2) is 54.9 Å². The molecule has 0 saturated carbocycles. The lowest BCUT2D eigenvalue weighted by Gasteiger charge is -2.20. The highest BCUT2D eigenvalue weighted by molar-refractivity contribution is 7.22. The van der Waals surface area contributed by atoms with E-state index in [0.717, 1.165) is 41.6 Å². The summed E-state index contributed by atoms with van der Waals surface area (Å²) in [5.41, 5.74) is 3.05. The highest BCUT2D eigenvalue weighted by Crippen LogP contribution is 2.34. The zero-order chi connectivity index (χ0) is 18.8. The lowest BCUT2D eigenvalue weighted by molar-refractivity contribution is 0.835. The number of hydrogen-bond donors (Lipinski definition) is 0. The Morgan fingerprint density at radius 1 is 0.926 bits per heavy atom. The van der Waals surface area contributed by atoms with Gasteiger partial charge in [0.25, 0.3) is 0 Å². The Hall–Kier alpha value is -2.79. The van der Waals surface area contributed by atoms with E-state index in [4.69, 9.17) is 0 Å². The fraction of sp³-hybridized carbons (Fsp3) is 0.227. The molecule has 5 heteroatoms. The van der Waals surface area contributed by atoms with Crippen LogP contribution in [-0.4, -0.2) is 28.0 Å². The summed E-state index contributed by atoms with van der Waals surface area (Å²) in [6.45, 7) is 8.08. The third kappa shape index (κ3) is 3.55. The molecule has 0 aliphatic rings. The summed E-state index contributed by atoms with van der Waals surface area (Å²) in [6.07, 6.45) is 3.80. The molecule has 0 unspecified atom stereocenters. The van der Waals surface area contributed by atoms with Crippen LogP contribution in [-0.2, 0) is 0 Å². The zero-order valence-corrected chi connectivity index (χ0v) is 16.6. The Kier molecular flexibility index (Phi) is 4.86. The molecule has 1 aromatic carbocycles. The van der Waals surface area contributed by atoms with Gasteiger partial charge in [0.2, 0.25) is 0 Å². The molecule has 27 heavy (non-hydrogen) atoms. The minimum absolute atomic E-state index is 0.779. The quantitative estimate of drug-likeness (QED) is 0.458. The zero-order valence-electron chi connectivity index (χ0n) is 15.8. The van der Waals surface area contributed by atoms with Crippen LogP contribution in [0.2, 0.25) is 0 Å². The van der Waals surface area contributed by atoms with Crippen LogP contribution in [0.1, 0.15) is 19.7 Å². The van der Waals surface area contributed by atoms with Crippen LogP contribution in [0.5, 0.6) is 0 Å². The SMILES string of the molecule is CCN(CC)c1cc(-c2cncc(-c3cc4ccccc4s3)c2)nc(C)n1. The number of benzene rings is 1. The molecule has 4 nitrogen and oxygen atoms in total. The summed E-state index contributed by atoms with van der Waals surface area (Å²) in [6, 6.07) is 14.9. The van der Waals surface area contributed by atoms with Gasteiger partial charge in [0, 0.05) is 52.3 Å². The normalized spacial score (nSPS) is 11.1. The predicted octanol–water partition coefficient (Wildman–Crippen LogP) is 5.57. The summed E-state index contributed by atoms with van der Waals surface area (Å²) in [5, 5.41) is 1.27. The van der Waals surface area contributed by atoms with E-state index in [-0.39, 0.29) is 0 Å². The van der Waals surface area contributed by atoms with Crippen molar-refractivity contribution in [3.63, 3.8) is 0 Å². The monoisotopic (exact) mass is 374 g/mol. The second-order valence-corrected chi connectivity index (χ2v) is 7.53. The van der Waals surface area contributed by atoms with Gasteiger partial charge in [0.15, 0.2) is 0 Å². The molecule has 3 heterocycles. The molecule has 0 aliphatic heterocycles. The van der Waals surface area contributed by atoms with Gasteiger partial charge in [0.1, 0.15) is 11.6 Å². The molecule has 0 atom stereocenters. The summed E-state index contributed by atoms with van der Waals surface area (Å²) < 4.78 is 1.29. The fourth-order valence-electron chi connectivity index (χ4n) is 3.25. The van der Waals surface area contributed by atoms with Gasteiger partial charge in [-0.25, -0.2) is 9.97 Å². The summed E-state index contributed by atoms with van der Waals surface area (Å²) in [7, 11) is 0. The van der Waals surface area contributed by atoms with Crippen molar-refractivity contribution in [2.24, 2.45) is 0 Å². The van der Waals surface area contributed by atoms with Crippen molar-refractivity contribution < 1.29 is 0 Å². The van der Waals surface area contributed by atoms with Gasteiger partial charge in [-0.3, -0.25) is 4.98 Å². The van der Waals surface area contributed by atoms with E-state index in [1.54, 1.807) is 11.3 Å². The van der Waals surface area contributed by atoms with Crippen molar-refractivity contribution in [3.8, 4) is 21.7 Å². The summed E-state index contributed by atoms with van der Waals surface area (Å²) in [4.78, 5) is 17.2. The number of aryl methyl sites for hydroxylation is 1. The third-order valence-corrected chi connectivity index (χ3v) is 5.82. The maximum absolute atomic E-state index is 4.66. The molecular weight excluding hydrogens is 352 g/mol. The standard InChI is InChI=1S/C22H22N4S/c1-4-26(5-2)22-12-19(24-15(3)25-22)17-10-18(14-23-13-17)21-11-16-8-6-7-9-20(16)27-21/h6-14H,4-5H2,1-3H3. The molecule has 4 aromatic rings. The first-order valence-corrected chi connectivity index (χ1v) is 10.0. The minimum atomic E-state index is 0.779. The molecule has 4 rings (SSSR count). The molecule has 0 amide bonds. The second-order valence-electron chi connectivity index (χ2n) is 6.44. The average Bonchev–Trinajstić information content (AvgIpc) is 3.13. The number of anilines is 1. The highest BCUT2D eigenvalue weighted by atomic mass is 32.1. The molecule has 0 aliphatic carbocycles. The predicted molar refractivity (Wildman–Crippen MR) is 114 cm³/mol. The van der Waals surface area contributed by atoms with Gasteiger partial charge < -0.3 is 4.90 Å². The van der Waals surface area contributed by atoms with E-state index < -0.39 is 0 Å². The number of aromatic nitrogens is 3. The van der Waals surface area contributed by atoms with Crippen LogP contribution in [0.4, 0.5) is 5.82 Å². The van der Waals surface area contributed by atoms with Crippen LogP contribution in [0.3, 0.4) is 0 Å². The first-order chi connectivity index (χ1) is 13.2. The topological polar surface area (TPSA) is 41.9 Å².